The van der Waals surface area contributed by atoms with Crippen LogP contribution in [0.15, 0.2) is 36.4 Å². The Morgan fingerprint density at radius 2 is 1.82 bits per heavy atom. The highest BCUT2D eigenvalue weighted by atomic mass is 16.6. The van der Waals surface area contributed by atoms with Crippen molar-refractivity contribution in [2.75, 3.05) is 6.61 Å². The van der Waals surface area contributed by atoms with Gasteiger partial charge in [0.25, 0.3) is 0 Å². The number of nitro benzene ring substituents is 1. The lowest BCUT2D eigenvalue weighted by Gasteiger charge is -2.08. The average Bonchev–Trinajstić information content (AvgIpc) is 2.48. The molecule has 5 nitrogen and oxygen atoms in total. The number of nitro groups is 1. The fourth-order valence-electron chi connectivity index (χ4n) is 2.03. The van der Waals surface area contributed by atoms with Gasteiger partial charge in [-0.3, -0.25) is 14.9 Å². The van der Waals surface area contributed by atoms with Crippen molar-refractivity contribution in [2.24, 2.45) is 0 Å². The molecule has 0 radical (unpaired) electrons. The van der Waals surface area contributed by atoms with Crippen LogP contribution in [0.1, 0.15) is 27.0 Å². The summed E-state index contributed by atoms with van der Waals surface area (Å²) in [5, 5.41) is 11.0. The Labute approximate surface area is 128 Å². The Kier molecular flexibility index (Phi) is 4.56. The van der Waals surface area contributed by atoms with E-state index in [2.05, 4.69) is 0 Å². The van der Waals surface area contributed by atoms with Gasteiger partial charge in [-0.15, -0.1) is 0 Å². The molecule has 0 atom stereocenters. The Morgan fingerprint density at radius 1 is 1.09 bits per heavy atom. The molecule has 0 unspecified atom stereocenters. The fourth-order valence-corrected chi connectivity index (χ4v) is 2.03. The van der Waals surface area contributed by atoms with E-state index in [-0.39, 0.29) is 23.8 Å². The van der Waals surface area contributed by atoms with Crippen LogP contribution in [0, 0.1) is 30.9 Å². The summed E-state index contributed by atoms with van der Waals surface area (Å²) in [5.74, 6) is -0.106. The number of carbonyl (C=O) groups is 1. The van der Waals surface area contributed by atoms with Crippen molar-refractivity contribution in [1.29, 1.82) is 0 Å². The average molecular weight is 299 g/mol. The number of carbonyl (C=O) groups excluding carboxylic acids is 1. The molecular weight excluding hydrogens is 282 g/mol. The highest BCUT2D eigenvalue weighted by molar-refractivity contribution is 5.97. The number of rotatable bonds is 5. The fraction of sp³-hybridized carbons (Fsp3) is 0.235. The molecule has 0 aromatic heterocycles. The molecule has 0 amide bonds. The minimum absolute atomic E-state index is 0.104. The predicted molar refractivity (Wildman–Crippen MR) is 83.6 cm³/mol. The smallest absolute Gasteiger partial charge is 0.311 e. The molecule has 0 spiro atoms. The highest BCUT2D eigenvalue weighted by Crippen LogP contribution is 2.27. The van der Waals surface area contributed by atoms with Crippen LogP contribution in [0.25, 0.3) is 0 Å². The summed E-state index contributed by atoms with van der Waals surface area (Å²) >= 11 is 0. The standard InChI is InChI=1S/C17H17NO4/c1-11-4-7-17(15(8-11)18(20)21)22-10-16(19)14-6-5-12(2)13(3)9-14/h4-9H,10H2,1-3H3. The third-order valence-corrected chi connectivity index (χ3v) is 3.50. The highest BCUT2D eigenvalue weighted by Gasteiger charge is 2.17. The molecule has 2 aromatic rings. The molecule has 2 rings (SSSR count). The number of ketones is 1. The van der Waals surface area contributed by atoms with Gasteiger partial charge >= 0.3 is 5.69 Å². The van der Waals surface area contributed by atoms with E-state index in [1.807, 2.05) is 19.9 Å². The molecule has 0 N–H and O–H groups in total. The third-order valence-electron chi connectivity index (χ3n) is 3.50. The second kappa shape index (κ2) is 6.39. The summed E-state index contributed by atoms with van der Waals surface area (Å²) in [7, 11) is 0. The number of hydrogen-bond acceptors (Lipinski definition) is 4. The molecular formula is C17H17NO4. The maximum absolute atomic E-state index is 12.1. The van der Waals surface area contributed by atoms with Gasteiger partial charge < -0.3 is 4.74 Å². The molecule has 0 aliphatic rings. The van der Waals surface area contributed by atoms with Crippen LogP contribution in [-0.4, -0.2) is 17.3 Å². The number of benzene rings is 2. The minimum atomic E-state index is -0.511. The normalized spacial score (nSPS) is 10.3. The van der Waals surface area contributed by atoms with Crippen LogP contribution >= 0.6 is 0 Å². The molecule has 114 valence electrons. The first-order chi connectivity index (χ1) is 10.4. The van der Waals surface area contributed by atoms with Gasteiger partial charge in [-0.1, -0.05) is 18.2 Å². The van der Waals surface area contributed by atoms with E-state index in [4.69, 9.17) is 4.74 Å². The van der Waals surface area contributed by atoms with E-state index in [0.717, 1.165) is 16.7 Å². The topological polar surface area (TPSA) is 69.4 Å². The third kappa shape index (κ3) is 3.49. The van der Waals surface area contributed by atoms with Gasteiger partial charge in [0.05, 0.1) is 4.92 Å². The van der Waals surface area contributed by atoms with Crippen LogP contribution in [0.3, 0.4) is 0 Å². The van der Waals surface area contributed by atoms with E-state index in [1.165, 1.54) is 12.1 Å². The summed E-state index contributed by atoms with van der Waals surface area (Å²) in [6.07, 6.45) is 0. The van der Waals surface area contributed by atoms with Gasteiger partial charge in [0.1, 0.15) is 0 Å². The van der Waals surface area contributed by atoms with Crippen molar-refractivity contribution in [3.05, 3.63) is 68.8 Å². The molecule has 5 heteroatoms. The number of nitrogens with zero attached hydrogens (tertiary/aromatic N) is 1. The van der Waals surface area contributed by atoms with Crippen molar-refractivity contribution in [2.45, 2.75) is 20.8 Å². The molecule has 22 heavy (non-hydrogen) atoms. The van der Waals surface area contributed by atoms with Gasteiger partial charge in [0, 0.05) is 11.6 Å². The molecule has 0 saturated heterocycles. The summed E-state index contributed by atoms with van der Waals surface area (Å²) in [5.41, 5.74) is 3.30. The van der Waals surface area contributed by atoms with E-state index in [0.29, 0.717) is 5.56 Å². The molecule has 2 aromatic carbocycles. The Balaban J connectivity index is 2.14. The minimum Gasteiger partial charge on any atom is -0.478 e. The summed E-state index contributed by atoms with van der Waals surface area (Å²) in [4.78, 5) is 22.6. The first-order valence-electron chi connectivity index (χ1n) is 6.87. The SMILES string of the molecule is Cc1ccc(OCC(=O)c2ccc(C)c(C)c2)c([N+](=O)[O-])c1. The second-order valence-corrected chi connectivity index (χ2v) is 5.24. The molecule has 0 heterocycles. The zero-order valence-corrected chi connectivity index (χ0v) is 12.8. The molecule has 0 fully saturated rings. The second-order valence-electron chi connectivity index (χ2n) is 5.24. The molecule has 0 bridgehead atoms. The Morgan fingerprint density at radius 3 is 2.45 bits per heavy atom. The zero-order chi connectivity index (χ0) is 16.3. The van der Waals surface area contributed by atoms with Crippen LogP contribution in [-0.2, 0) is 0 Å². The van der Waals surface area contributed by atoms with Gasteiger partial charge in [-0.05, 0) is 49.6 Å². The van der Waals surface area contributed by atoms with Gasteiger partial charge in [-0.2, -0.15) is 0 Å². The lowest BCUT2D eigenvalue weighted by Crippen LogP contribution is -2.12. The largest absolute Gasteiger partial charge is 0.478 e. The maximum atomic E-state index is 12.1. The number of aryl methyl sites for hydroxylation is 3. The Bertz CT molecular complexity index is 737. The lowest BCUT2D eigenvalue weighted by molar-refractivity contribution is -0.385. The zero-order valence-electron chi connectivity index (χ0n) is 12.8. The van der Waals surface area contributed by atoms with Gasteiger partial charge in [0.15, 0.2) is 18.1 Å². The van der Waals surface area contributed by atoms with E-state index in [1.54, 1.807) is 25.1 Å². The van der Waals surface area contributed by atoms with E-state index in [9.17, 15) is 14.9 Å². The van der Waals surface area contributed by atoms with Crippen molar-refractivity contribution in [1.82, 2.24) is 0 Å². The number of ether oxygens (including phenoxy) is 1. The van der Waals surface area contributed by atoms with Crippen LogP contribution < -0.4 is 4.74 Å². The summed E-state index contributed by atoms with van der Waals surface area (Å²) in [6, 6.07) is 10.1. The first kappa shape index (κ1) is 15.7. The monoisotopic (exact) mass is 299 g/mol. The van der Waals surface area contributed by atoms with Gasteiger partial charge in [0.2, 0.25) is 0 Å². The lowest BCUT2D eigenvalue weighted by atomic mass is 10.0. The summed E-state index contributed by atoms with van der Waals surface area (Å²) in [6.45, 7) is 5.43. The van der Waals surface area contributed by atoms with Crippen LogP contribution in [0.2, 0.25) is 0 Å². The van der Waals surface area contributed by atoms with Crippen LogP contribution in [0.5, 0.6) is 5.75 Å². The van der Waals surface area contributed by atoms with E-state index < -0.39 is 4.92 Å². The van der Waals surface area contributed by atoms with Crippen molar-refractivity contribution in [3.8, 4) is 5.75 Å². The van der Waals surface area contributed by atoms with Crippen molar-refractivity contribution in [3.63, 3.8) is 0 Å². The van der Waals surface area contributed by atoms with Crippen molar-refractivity contribution < 1.29 is 14.5 Å². The van der Waals surface area contributed by atoms with Crippen LogP contribution in [0.4, 0.5) is 5.69 Å². The number of hydrogen-bond donors (Lipinski definition) is 0. The van der Waals surface area contributed by atoms with Gasteiger partial charge in [-0.25, -0.2) is 0 Å². The van der Waals surface area contributed by atoms with E-state index >= 15 is 0 Å². The molecule has 0 aliphatic heterocycles. The number of Topliss-reactive ketones (excluding diaryl/α,β-unsaturated/α-hetero) is 1. The quantitative estimate of drug-likeness (QED) is 0.478. The van der Waals surface area contributed by atoms with Crippen molar-refractivity contribution >= 4 is 11.5 Å². The first-order valence-corrected chi connectivity index (χ1v) is 6.87. The maximum Gasteiger partial charge on any atom is 0.311 e. The Hall–Kier alpha value is -2.69. The predicted octanol–water partition coefficient (Wildman–Crippen LogP) is 3.78. The molecule has 0 aliphatic carbocycles. The summed E-state index contributed by atoms with van der Waals surface area (Å²) < 4.78 is 5.35. The molecule has 0 saturated carbocycles.